The quantitative estimate of drug-likeness (QED) is 0.226. The van der Waals surface area contributed by atoms with E-state index in [9.17, 15) is 0 Å². The van der Waals surface area contributed by atoms with E-state index in [1.807, 2.05) is 0 Å². The fourth-order valence-corrected chi connectivity index (χ4v) is 7.61. The monoisotopic (exact) mass is 390 g/mol. The fraction of sp³-hybridized carbons (Fsp3) is 0.833. The van der Waals surface area contributed by atoms with E-state index in [2.05, 4.69) is 37.5 Å². The van der Waals surface area contributed by atoms with Gasteiger partial charge in [0.15, 0.2) is 0 Å². The van der Waals surface area contributed by atoms with Gasteiger partial charge in [0, 0.05) is 26.2 Å². The van der Waals surface area contributed by atoms with E-state index in [1.54, 1.807) is 43.2 Å². The van der Waals surface area contributed by atoms with Crippen LogP contribution in [0, 0.1) is 0 Å². The van der Waals surface area contributed by atoms with Gasteiger partial charge in [-0.3, -0.25) is 0 Å². The Morgan fingerprint density at radius 2 is 1.05 bits per heavy atom. The molecule has 0 aliphatic carbocycles. The van der Waals surface area contributed by atoms with Crippen LogP contribution in [0.25, 0.3) is 0 Å². The van der Waals surface area contributed by atoms with Crippen LogP contribution in [0.15, 0.2) is 0 Å². The summed E-state index contributed by atoms with van der Waals surface area (Å²) in [4.78, 5) is 4.40. The molecule has 0 N–H and O–H groups in total. The van der Waals surface area contributed by atoms with Gasteiger partial charge in [-0.25, -0.2) is 0 Å². The Hall–Kier alpha value is 1.18. The molecule has 0 bridgehead atoms. The van der Waals surface area contributed by atoms with Gasteiger partial charge in [0.05, 0.1) is 5.08 Å². The van der Waals surface area contributed by atoms with Crippen molar-refractivity contribution in [3.8, 4) is 0 Å². The molecule has 8 heteroatoms. The standard InChI is InChI=1S/C11H22N2S6.CH4/c1-5-12(6-2)10(14)18-16-9-17-19-11(15)13(7-3)8-4;/h5-9H2,1-4H3;1H4. The number of hydrogen-bond acceptors (Lipinski definition) is 6. The van der Waals surface area contributed by atoms with Crippen molar-refractivity contribution in [3.63, 3.8) is 0 Å². The average molecular weight is 391 g/mol. The lowest BCUT2D eigenvalue weighted by Crippen LogP contribution is -2.26. The maximum atomic E-state index is 5.37. The number of hydrogen-bond donors (Lipinski definition) is 0. The third-order valence-electron chi connectivity index (χ3n) is 2.40. The average Bonchev–Trinajstić information content (AvgIpc) is 2.41. The zero-order valence-electron chi connectivity index (χ0n) is 11.9. The molecular weight excluding hydrogens is 365 g/mol. The molecule has 0 rings (SSSR count). The van der Waals surface area contributed by atoms with E-state index in [1.165, 1.54) is 0 Å². The maximum absolute atomic E-state index is 5.37. The van der Waals surface area contributed by atoms with E-state index >= 15 is 0 Å². The minimum absolute atomic E-state index is 0. The van der Waals surface area contributed by atoms with Crippen LogP contribution in [0.5, 0.6) is 0 Å². The largest absolute Gasteiger partial charge is 0.357 e. The van der Waals surface area contributed by atoms with Crippen molar-refractivity contribution in [3.05, 3.63) is 0 Å². The highest BCUT2D eigenvalue weighted by atomic mass is 33.1. The summed E-state index contributed by atoms with van der Waals surface area (Å²) in [6.07, 6.45) is 0. The van der Waals surface area contributed by atoms with Crippen molar-refractivity contribution < 1.29 is 0 Å². The predicted octanol–water partition coefficient (Wildman–Crippen LogP) is 5.60. The second-order valence-corrected chi connectivity index (χ2v) is 9.62. The predicted molar refractivity (Wildman–Crippen MR) is 113 cm³/mol. The maximum Gasteiger partial charge on any atom is 0.147 e. The van der Waals surface area contributed by atoms with Gasteiger partial charge in [-0.05, 0) is 49.3 Å². The van der Waals surface area contributed by atoms with Crippen molar-refractivity contribution in [2.45, 2.75) is 35.1 Å². The molecule has 0 atom stereocenters. The highest BCUT2D eigenvalue weighted by Gasteiger charge is 2.08. The van der Waals surface area contributed by atoms with E-state index in [4.69, 9.17) is 24.4 Å². The minimum Gasteiger partial charge on any atom is -0.357 e. The first-order valence-electron chi connectivity index (χ1n) is 6.27. The highest BCUT2D eigenvalue weighted by molar-refractivity contribution is 8.91. The third kappa shape index (κ3) is 10.00. The Labute approximate surface area is 151 Å². The Morgan fingerprint density at radius 1 is 0.750 bits per heavy atom. The molecule has 0 radical (unpaired) electrons. The first-order valence-corrected chi connectivity index (χ1v) is 11.7. The van der Waals surface area contributed by atoms with E-state index in [-0.39, 0.29) is 7.43 Å². The molecule has 0 saturated heterocycles. The summed E-state index contributed by atoms with van der Waals surface area (Å²) in [6.45, 7) is 12.5. The Kier molecular flexibility index (Phi) is 17.7. The molecule has 0 unspecified atom stereocenters. The van der Waals surface area contributed by atoms with Crippen molar-refractivity contribution in [1.82, 2.24) is 9.80 Å². The van der Waals surface area contributed by atoms with Crippen LogP contribution < -0.4 is 0 Å². The molecular formula is C12H26N2S6. The summed E-state index contributed by atoms with van der Waals surface area (Å²) >= 11 is 10.7. The topological polar surface area (TPSA) is 6.48 Å². The molecule has 0 heterocycles. The molecule has 0 aliphatic rings. The summed E-state index contributed by atoms with van der Waals surface area (Å²) in [5.74, 6) is 0. The summed E-state index contributed by atoms with van der Waals surface area (Å²) in [5.41, 5.74) is 0. The van der Waals surface area contributed by atoms with Crippen LogP contribution in [0.1, 0.15) is 35.1 Å². The Morgan fingerprint density at radius 3 is 1.30 bits per heavy atom. The van der Waals surface area contributed by atoms with Crippen LogP contribution >= 0.6 is 67.6 Å². The minimum atomic E-state index is 0. The van der Waals surface area contributed by atoms with Crippen LogP contribution in [0.2, 0.25) is 0 Å². The molecule has 0 amide bonds. The second kappa shape index (κ2) is 15.1. The van der Waals surface area contributed by atoms with Gasteiger partial charge in [-0.1, -0.05) is 53.5 Å². The lowest BCUT2D eigenvalue weighted by Gasteiger charge is -2.21. The normalized spacial score (nSPS) is 9.80. The van der Waals surface area contributed by atoms with Gasteiger partial charge in [-0.2, -0.15) is 0 Å². The molecule has 20 heavy (non-hydrogen) atoms. The lowest BCUT2D eigenvalue weighted by molar-refractivity contribution is 0.482. The number of rotatable bonds is 8. The van der Waals surface area contributed by atoms with Gasteiger partial charge in [-0.15, -0.1) is 0 Å². The van der Waals surface area contributed by atoms with E-state index in [0.717, 1.165) is 39.9 Å². The van der Waals surface area contributed by atoms with Crippen molar-refractivity contribution in [2.24, 2.45) is 0 Å². The smallest absolute Gasteiger partial charge is 0.147 e. The van der Waals surface area contributed by atoms with E-state index < -0.39 is 0 Å². The first-order chi connectivity index (χ1) is 9.10. The van der Waals surface area contributed by atoms with Gasteiger partial charge in [0.1, 0.15) is 8.64 Å². The third-order valence-corrected chi connectivity index (χ3v) is 9.24. The first kappa shape index (κ1) is 23.4. The molecule has 0 fully saturated rings. The van der Waals surface area contributed by atoms with Gasteiger partial charge >= 0.3 is 0 Å². The SMILES string of the molecule is C.CCN(CC)C(=S)SSCSSC(=S)N(CC)CC. The van der Waals surface area contributed by atoms with Crippen LogP contribution in [-0.2, 0) is 0 Å². The summed E-state index contributed by atoms with van der Waals surface area (Å²) in [7, 11) is 6.95. The van der Waals surface area contributed by atoms with Crippen molar-refractivity contribution in [1.29, 1.82) is 0 Å². The fourth-order valence-electron chi connectivity index (χ4n) is 1.24. The van der Waals surface area contributed by atoms with Crippen LogP contribution in [-0.4, -0.2) is 49.7 Å². The Bertz CT molecular complexity index is 241. The molecule has 120 valence electrons. The molecule has 2 nitrogen and oxygen atoms in total. The van der Waals surface area contributed by atoms with Crippen molar-refractivity contribution >= 4 is 76.3 Å². The second-order valence-electron chi connectivity index (χ2n) is 3.40. The molecule has 0 spiro atoms. The van der Waals surface area contributed by atoms with Gasteiger partial charge < -0.3 is 9.80 Å². The zero-order valence-corrected chi connectivity index (χ0v) is 16.8. The molecule has 0 aromatic heterocycles. The zero-order chi connectivity index (χ0) is 14.7. The number of nitrogens with zero attached hydrogens (tertiary/aromatic N) is 2. The molecule has 0 aromatic rings. The summed E-state index contributed by atoms with van der Waals surface area (Å²) in [6, 6.07) is 0. The highest BCUT2D eigenvalue weighted by Crippen LogP contribution is 2.34. The van der Waals surface area contributed by atoms with E-state index in [0.29, 0.717) is 0 Å². The Balaban J connectivity index is 0. The van der Waals surface area contributed by atoms with Crippen LogP contribution in [0.4, 0.5) is 0 Å². The summed E-state index contributed by atoms with van der Waals surface area (Å²) < 4.78 is 1.96. The number of thiocarbonyl (C=S) groups is 2. The molecule has 0 aliphatic heterocycles. The van der Waals surface area contributed by atoms with Crippen molar-refractivity contribution in [2.75, 3.05) is 31.3 Å². The molecule has 0 saturated carbocycles. The molecule has 0 aromatic carbocycles. The van der Waals surface area contributed by atoms with Gasteiger partial charge in [0.25, 0.3) is 0 Å². The summed E-state index contributed by atoms with van der Waals surface area (Å²) in [5, 5.41) is 0.984. The van der Waals surface area contributed by atoms with Crippen LogP contribution in [0.3, 0.4) is 0 Å². The lowest BCUT2D eigenvalue weighted by atomic mass is 10.6. The van der Waals surface area contributed by atoms with Gasteiger partial charge in [0.2, 0.25) is 0 Å².